The zero-order chi connectivity index (χ0) is 42.6. The number of hydrogen-bond acceptors (Lipinski definition) is 1. The van der Waals surface area contributed by atoms with E-state index in [0.29, 0.717) is 0 Å². The first kappa shape index (κ1) is 36.1. The average molecular weight is 825 g/mol. The van der Waals surface area contributed by atoms with E-state index >= 15 is 0 Å². The Hall–Kier alpha value is -8.46. The van der Waals surface area contributed by atoms with E-state index in [9.17, 15) is 0 Å². The molecule has 0 saturated heterocycles. The molecule has 0 bridgehead atoms. The second-order valence-corrected chi connectivity index (χ2v) is 17.7. The molecule has 12 aromatic rings. The zero-order valence-electron chi connectivity index (χ0n) is 35.5. The number of para-hydroxylation sites is 3. The van der Waals surface area contributed by atoms with Crippen LogP contribution < -0.4 is 4.90 Å². The van der Waals surface area contributed by atoms with Crippen LogP contribution in [0.15, 0.2) is 243 Å². The average Bonchev–Trinajstić information content (AvgIpc) is 3.87. The van der Waals surface area contributed by atoms with Crippen LogP contribution in [0.1, 0.15) is 22.3 Å². The Labute approximate surface area is 377 Å². The smallest absolute Gasteiger partial charge is 0.0713 e. The molecule has 65 heavy (non-hydrogen) atoms. The molecular weight excluding hydrogens is 785 g/mol. The minimum atomic E-state index is -0.441. The summed E-state index contributed by atoms with van der Waals surface area (Å²) in [5.41, 5.74) is 19.6. The molecule has 0 saturated carbocycles. The van der Waals surface area contributed by atoms with Gasteiger partial charge < -0.3 is 9.47 Å². The highest BCUT2D eigenvalue weighted by Crippen LogP contribution is 2.57. The fourth-order valence-electron chi connectivity index (χ4n) is 11.5. The highest BCUT2D eigenvalue weighted by Gasteiger charge is 2.46. The summed E-state index contributed by atoms with van der Waals surface area (Å²) < 4.78 is 2.41. The van der Waals surface area contributed by atoms with Gasteiger partial charge in [0, 0.05) is 33.5 Å². The Bertz CT molecular complexity index is 3790. The van der Waals surface area contributed by atoms with Crippen molar-refractivity contribution in [2.45, 2.75) is 5.41 Å². The molecule has 1 heterocycles. The molecule has 11 aromatic carbocycles. The van der Waals surface area contributed by atoms with Gasteiger partial charge in [0.25, 0.3) is 0 Å². The largest absolute Gasteiger partial charge is 0.310 e. The summed E-state index contributed by atoms with van der Waals surface area (Å²) in [7, 11) is 0. The van der Waals surface area contributed by atoms with Crippen LogP contribution in [0.5, 0.6) is 0 Å². The second kappa shape index (κ2) is 13.8. The van der Waals surface area contributed by atoms with Crippen LogP contribution >= 0.6 is 0 Å². The van der Waals surface area contributed by atoms with Crippen molar-refractivity contribution in [2.75, 3.05) is 4.90 Å². The number of rotatable bonds is 6. The fraction of sp³-hybridized carbons (Fsp3) is 0.0159. The van der Waals surface area contributed by atoms with Gasteiger partial charge in [0.05, 0.1) is 16.4 Å². The quantitative estimate of drug-likeness (QED) is 0.162. The van der Waals surface area contributed by atoms with Gasteiger partial charge in [-0.3, -0.25) is 0 Å². The third kappa shape index (κ3) is 5.17. The van der Waals surface area contributed by atoms with E-state index in [0.717, 1.165) is 17.1 Å². The van der Waals surface area contributed by atoms with Crippen molar-refractivity contribution < 1.29 is 0 Å². The maximum atomic E-state index is 2.42. The molecule has 0 fully saturated rings. The van der Waals surface area contributed by atoms with Crippen molar-refractivity contribution in [2.24, 2.45) is 0 Å². The van der Waals surface area contributed by atoms with Crippen molar-refractivity contribution in [1.29, 1.82) is 0 Å². The van der Waals surface area contributed by atoms with Gasteiger partial charge in [-0.25, -0.2) is 0 Å². The normalized spacial score (nSPS) is 13.0. The molecule has 2 aliphatic carbocycles. The molecule has 0 radical (unpaired) electrons. The zero-order valence-corrected chi connectivity index (χ0v) is 35.5. The lowest BCUT2D eigenvalue weighted by atomic mass is 9.68. The summed E-state index contributed by atoms with van der Waals surface area (Å²) >= 11 is 0. The Morgan fingerprint density at radius 3 is 1.42 bits per heavy atom. The molecule has 0 unspecified atom stereocenters. The van der Waals surface area contributed by atoms with E-state index in [4.69, 9.17) is 0 Å². The van der Waals surface area contributed by atoms with Gasteiger partial charge in [-0.15, -0.1) is 0 Å². The summed E-state index contributed by atoms with van der Waals surface area (Å²) in [5, 5.41) is 7.54. The van der Waals surface area contributed by atoms with Crippen molar-refractivity contribution in [3.8, 4) is 39.1 Å². The molecule has 0 amide bonds. The van der Waals surface area contributed by atoms with Gasteiger partial charge in [0.1, 0.15) is 0 Å². The monoisotopic (exact) mass is 824 g/mol. The van der Waals surface area contributed by atoms with Crippen LogP contribution in [0.3, 0.4) is 0 Å². The molecule has 14 rings (SSSR count). The van der Waals surface area contributed by atoms with Crippen LogP contribution in [-0.2, 0) is 5.41 Å². The van der Waals surface area contributed by atoms with E-state index < -0.39 is 5.41 Å². The predicted octanol–water partition coefficient (Wildman–Crippen LogP) is 16.6. The van der Waals surface area contributed by atoms with Crippen molar-refractivity contribution in [1.82, 2.24) is 4.57 Å². The SMILES string of the molecule is c1ccc(N(c2ccc3c(c2)-c2ccccc2C3(c2ccccc2)c2ccccc2)c2ccc3cc4c(cc3c2)-c2cc3cc(-n5c6ccccc6c6ccccc65)ccc3cc2-4)cc1. The summed E-state index contributed by atoms with van der Waals surface area (Å²) in [6.45, 7) is 0. The Kier molecular flexibility index (Phi) is 7.64. The lowest BCUT2D eigenvalue weighted by molar-refractivity contribution is 0.768. The first-order chi connectivity index (χ1) is 32.2. The molecule has 2 aliphatic rings. The first-order valence-corrected chi connectivity index (χ1v) is 22.6. The summed E-state index contributed by atoms with van der Waals surface area (Å²) in [6, 6.07) is 90.0. The summed E-state index contributed by atoms with van der Waals surface area (Å²) in [4.78, 5) is 2.42. The molecule has 2 nitrogen and oxygen atoms in total. The number of hydrogen-bond donors (Lipinski definition) is 0. The Balaban J connectivity index is 0.892. The van der Waals surface area contributed by atoms with Crippen LogP contribution in [0.25, 0.3) is 82.4 Å². The first-order valence-electron chi connectivity index (χ1n) is 22.6. The van der Waals surface area contributed by atoms with Gasteiger partial charge in [-0.1, -0.05) is 158 Å². The highest BCUT2D eigenvalue weighted by molar-refractivity contribution is 6.13. The molecule has 0 aliphatic heterocycles. The van der Waals surface area contributed by atoms with Crippen LogP contribution in [0, 0.1) is 0 Å². The molecule has 1 aromatic heterocycles. The number of aromatic nitrogens is 1. The van der Waals surface area contributed by atoms with E-state index in [1.807, 2.05) is 0 Å². The predicted molar refractivity (Wildman–Crippen MR) is 272 cm³/mol. The van der Waals surface area contributed by atoms with E-state index in [1.54, 1.807) is 0 Å². The van der Waals surface area contributed by atoms with Gasteiger partial charge in [0.2, 0.25) is 0 Å². The molecular formula is C63H40N2. The van der Waals surface area contributed by atoms with E-state index in [2.05, 4.69) is 252 Å². The van der Waals surface area contributed by atoms with Gasteiger partial charge in [-0.05, 0) is 162 Å². The molecule has 2 heteroatoms. The number of nitrogens with zero attached hydrogens (tertiary/aromatic N) is 2. The molecule has 0 N–H and O–H groups in total. The standard InChI is InChI=1S/C63H40N2/c1-4-16-45(17-5-1)63(46-18-6-2-7-19-46)59-25-13-10-22-51(59)58-40-50(32-33-60(58)63)64(47-20-8-3-9-21-47)48-30-28-41-36-54-55-37-42-29-31-49(35-44(42)39-57(55)56(54)38-43(41)34-48)65-61-26-14-11-23-52(61)53-24-12-15-27-62(53)65/h1-40H. The molecule has 0 atom stereocenters. The van der Waals surface area contributed by atoms with Crippen molar-refractivity contribution in [3.63, 3.8) is 0 Å². The van der Waals surface area contributed by atoms with Crippen molar-refractivity contribution >= 4 is 60.4 Å². The second-order valence-electron chi connectivity index (χ2n) is 17.7. The lowest BCUT2D eigenvalue weighted by Crippen LogP contribution is -2.28. The Morgan fingerprint density at radius 2 is 0.769 bits per heavy atom. The summed E-state index contributed by atoms with van der Waals surface area (Å²) in [6.07, 6.45) is 0. The minimum absolute atomic E-state index is 0.441. The van der Waals surface area contributed by atoms with E-state index in [-0.39, 0.29) is 0 Å². The Morgan fingerprint density at radius 1 is 0.292 bits per heavy atom. The molecule has 0 spiro atoms. The highest BCUT2D eigenvalue weighted by atomic mass is 15.1. The van der Waals surface area contributed by atoms with Crippen LogP contribution in [0.4, 0.5) is 17.1 Å². The number of fused-ring (bicyclic) bond motifs is 12. The third-order valence-electron chi connectivity index (χ3n) is 14.3. The number of anilines is 3. The third-order valence-corrected chi connectivity index (χ3v) is 14.3. The number of benzene rings is 11. The van der Waals surface area contributed by atoms with Crippen molar-refractivity contribution in [3.05, 3.63) is 265 Å². The fourth-order valence-corrected chi connectivity index (χ4v) is 11.5. The van der Waals surface area contributed by atoms with Gasteiger partial charge >= 0.3 is 0 Å². The van der Waals surface area contributed by atoms with Gasteiger partial charge in [-0.2, -0.15) is 0 Å². The maximum Gasteiger partial charge on any atom is 0.0713 e. The van der Waals surface area contributed by atoms with E-state index in [1.165, 1.54) is 105 Å². The minimum Gasteiger partial charge on any atom is -0.310 e. The van der Waals surface area contributed by atoms with Gasteiger partial charge in [0.15, 0.2) is 0 Å². The molecule has 302 valence electrons. The lowest BCUT2D eigenvalue weighted by Gasteiger charge is -2.34. The van der Waals surface area contributed by atoms with Crippen LogP contribution in [0.2, 0.25) is 0 Å². The van der Waals surface area contributed by atoms with Crippen LogP contribution in [-0.4, -0.2) is 4.57 Å². The summed E-state index contributed by atoms with van der Waals surface area (Å²) in [5.74, 6) is 0. The maximum absolute atomic E-state index is 2.42. The topological polar surface area (TPSA) is 8.17 Å².